The second-order valence-electron chi connectivity index (χ2n) is 2.51. The molecule has 0 atom stereocenters. The average Bonchev–Trinajstić information content (AvgIpc) is 2.04. The van der Waals surface area contributed by atoms with Gasteiger partial charge < -0.3 is 9.64 Å². The summed E-state index contributed by atoms with van der Waals surface area (Å²) in [5.74, 6) is 0. The molecule has 12 heavy (non-hydrogen) atoms. The minimum absolute atomic E-state index is 0.187. The predicted molar refractivity (Wildman–Crippen MR) is 63.6 cm³/mol. The fourth-order valence-electron chi connectivity index (χ4n) is 0.972. The van der Waals surface area contributed by atoms with Crippen LogP contribution in [0.4, 0.5) is 4.79 Å². The summed E-state index contributed by atoms with van der Waals surface area (Å²) in [6, 6.07) is 0. The largest absolute Gasteiger partial charge is 0.439 e. The Morgan fingerprint density at radius 2 is 1.83 bits per heavy atom. The van der Waals surface area contributed by atoms with Crippen LogP contribution in [0.2, 0.25) is 12.6 Å². The molecular weight excluding hydrogens is 267 g/mol. The van der Waals surface area contributed by atoms with Crippen molar-refractivity contribution in [3.8, 4) is 0 Å². The predicted octanol–water partition coefficient (Wildman–Crippen LogP) is -0.0797. The Morgan fingerprint density at radius 1 is 1.33 bits per heavy atom. The standard InChI is InChI=1S/C6H14B2INO2/c7-1-3-10(4-2-8)6(11)12-5-9/h1-5,7-8H2. The first-order valence-electron chi connectivity index (χ1n) is 4.23. The monoisotopic (exact) mass is 281 g/mol. The van der Waals surface area contributed by atoms with E-state index in [1.807, 2.05) is 22.6 Å². The van der Waals surface area contributed by atoms with Crippen molar-refractivity contribution in [2.75, 3.05) is 17.7 Å². The summed E-state index contributed by atoms with van der Waals surface area (Å²) in [5, 5.41) is 0. The maximum Gasteiger partial charge on any atom is 0.410 e. The zero-order chi connectivity index (χ0) is 9.40. The number of alkyl halides is 1. The second-order valence-corrected chi connectivity index (χ2v) is 3.13. The van der Waals surface area contributed by atoms with Crippen LogP contribution in [-0.2, 0) is 4.74 Å². The van der Waals surface area contributed by atoms with E-state index in [0.717, 1.165) is 25.7 Å². The van der Waals surface area contributed by atoms with Crippen LogP contribution in [-0.4, -0.2) is 44.4 Å². The highest BCUT2D eigenvalue weighted by Crippen LogP contribution is 1.98. The van der Waals surface area contributed by atoms with E-state index in [2.05, 4.69) is 15.7 Å². The van der Waals surface area contributed by atoms with E-state index in [-0.39, 0.29) is 6.09 Å². The molecule has 0 spiro atoms. The number of rotatable bonds is 5. The van der Waals surface area contributed by atoms with E-state index in [9.17, 15) is 4.79 Å². The molecule has 6 heteroatoms. The van der Waals surface area contributed by atoms with Crippen molar-refractivity contribution in [3.63, 3.8) is 0 Å². The van der Waals surface area contributed by atoms with Gasteiger partial charge in [-0.05, 0) is 22.6 Å². The van der Waals surface area contributed by atoms with Crippen molar-refractivity contribution in [3.05, 3.63) is 0 Å². The molecule has 68 valence electrons. The first-order chi connectivity index (χ1) is 5.76. The third-order valence-electron chi connectivity index (χ3n) is 1.42. The van der Waals surface area contributed by atoms with Gasteiger partial charge in [0.05, 0.1) is 0 Å². The summed E-state index contributed by atoms with van der Waals surface area (Å²) in [5.41, 5.74) is 0. The van der Waals surface area contributed by atoms with E-state index in [1.54, 1.807) is 4.90 Å². The number of halogens is 1. The molecule has 0 aliphatic rings. The Labute approximate surface area is 89.2 Å². The minimum atomic E-state index is -0.187. The Kier molecular flexibility index (Phi) is 7.85. The number of ether oxygens (including phenoxy) is 1. The molecule has 0 aromatic rings. The van der Waals surface area contributed by atoms with Crippen LogP contribution in [0.15, 0.2) is 0 Å². The minimum Gasteiger partial charge on any atom is -0.439 e. The Bertz CT molecular complexity index is 131. The van der Waals surface area contributed by atoms with Crippen LogP contribution in [0, 0.1) is 0 Å². The van der Waals surface area contributed by atoms with Gasteiger partial charge >= 0.3 is 6.09 Å². The van der Waals surface area contributed by atoms with Crippen LogP contribution in [0.25, 0.3) is 0 Å². The lowest BCUT2D eigenvalue weighted by Crippen LogP contribution is -2.32. The van der Waals surface area contributed by atoms with Crippen LogP contribution in [0.5, 0.6) is 0 Å². The lowest BCUT2D eigenvalue weighted by molar-refractivity contribution is 0.126. The van der Waals surface area contributed by atoms with Crippen molar-refractivity contribution in [2.45, 2.75) is 12.6 Å². The Balaban J connectivity index is 3.81. The topological polar surface area (TPSA) is 29.5 Å². The fourth-order valence-corrected chi connectivity index (χ4v) is 1.24. The number of carbonyl (C=O) groups is 1. The number of hydrogen-bond donors (Lipinski definition) is 0. The summed E-state index contributed by atoms with van der Waals surface area (Å²) < 4.78 is 5.31. The van der Waals surface area contributed by atoms with E-state index < -0.39 is 0 Å². The first-order valence-corrected chi connectivity index (χ1v) is 5.76. The van der Waals surface area contributed by atoms with Crippen LogP contribution in [0.1, 0.15) is 0 Å². The molecule has 0 aromatic carbocycles. The highest BCUT2D eigenvalue weighted by atomic mass is 127. The normalized spacial score (nSPS) is 9.42. The van der Waals surface area contributed by atoms with E-state index in [1.165, 1.54) is 0 Å². The zero-order valence-electron chi connectivity index (χ0n) is 7.68. The highest BCUT2D eigenvalue weighted by Gasteiger charge is 2.11. The third-order valence-corrected chi connectivity index (χ3v) is 1.73. The van der Waals surface area contributed by atoms with Crippen molar-refractivity contribution in [1.82, 2.24) is 4.90 Å². The molecule has 0 saturated carbocycles. The third kappa shape index (κ3) is 4.90. The number of nitrogens with zero attached hydrogens (tertiary/aromatic N) is 1. The summed E-state index contributed by atoms with van der Waals surface area (Å²) in [7, 11) is 4.11. The lowest BCUT2D eigenvalue weighted by Gasteiger charge is -2.19. The molecule has 0 bridgehead atoms. The Hall–Kier alpha value is 0.130. The van der Waals surface area contributed by atoms with Crippen LogP contribution >= 0.6 is 22.6 Å². The van der Waals surface area contributed by atoms with E-state index in [0.29, 0.717) is 4.61 Å². The molecular formula is C6H14B2INO2. The van der Waals surface area contributed by atoms with Gasteiger partial charge in [0.25, 0.3) is 0 Å². The van der Waals surface area contributed by atoms with Gasteiger partial charge in [-0.15, -0.1) is 0 Å². The van der Waals surface area contributed by atoms with Crippen molar-refractivity contribution in [2.24, 2.45) is 0 Å². The quantitative estimate of drug-likeness (QED) is 0.401. The molecule has 0 aliphatic carbocycles. The first kappa shape index (κ1) is 12.1. The number of amides is 1. The van der Waals surface area contributed by atoms with Gasteiger partial charge in [0.2, 0.25) is 0 Å². The lowest BCUT2D eigenvalue weighted by atomic mass is 10.0. The zero-order valence-corrected chi connectivity index (χ0v) is 9.83. The molecule has 0 fully saturated rings. The van der Waals surface area contributed by atoms with Crippen molar-refractivity contribution < 1.29 is 9.53 Å². The summed E-state index contributed by atoms with van der Waals surface area (Å²) in [6.45, 7) is 1.59. The van der Waals surface area contributed by atoms with Gasteiger partial charge in [-0.2, -0.15) is 0 Å². The van der Waals surface area contributed by atoms with Crippen LogP contribution in [0.3, 0.4) is 0 Å². The van der Waals surface area contributed by atoms with Gasteiger partial charge in [-0.1, -0.05) is 12.6 Å². The van der Waals surface area contributed by atoms with Crippen LogP contribution < -0.4 is 0 Å². The van der Waals surface area contributed by atoms with Gasteiger partial charge in [0, 0.05) is 13.1 Å². The second kappa shape index (κ2) is 7.76. The van der Waals surface area contributed by atoms with Gasteiger partial charge in [0.1, 0.15) is 20.3 Å². The molecule has 3 nitrogen and oxygen atoms in total. The maximum absolute atomic E-state index is 11.2. The van der Waals surface area contributed by atoms with Crippen molar-refractivity contribution >= 4 is 44.4 Å². The molecule has 0 rings (SSSR count). The molecule has 0 aliphatic heterocycles. The maximum atomic E-state index is 11.2. The smallest absolute Gasteiger partial charge is 0.410 e. The average molecular weight is 281 g/mol. The van der Waals surface area contributed by atoms with E-state index >= 15 is 0 Å². The highest BCUT2D eigenvalue weighted by molar-refractivity contribution is 14.1. The van der Waals surface area contributed by atoms with Gasteiger partial charge in [-0.25, -0.2) is 4.79 Å². The summed E-state index contributed by atoms with van der Waals surface area (Å²) >= 11 is 2.02. The number of carbonyl (C=O) groups excluding carboxylic acids is 1. The molecule has 0 radical (unpaired) electrons. The molecule has 0 unspecified atom stereocenters. The summed E-state index contributed by atoms with van der Waals surface area (Å²) in [6.07, 6.45) is 1.78. The number of hydrogen-bond acceptors (Lipinski definition) is 2. The fraction of sp³-hybridized carbons (Fsp3) is 0.833. The van der Waals surface area contributed by atoms with Gasteiger partial charge in [-0.3, -0.25) is 0 Å². The molecule has 0 heterocycles. The molecule has 0 N–H and O–H groups in total. The Morgan fingerprint density at radius 3 is 2.17 bits per heavy atom. The molecule has 0 saturated heterocycles. The van der Waals surface area contributed by atoms with Crippen molar-refractivity contribution in [1.29, 1.82) is 0 Å². The summed E-state index contributed by atoms with van der Waals surface area (Å²) in [4.78, 5) is 13.0. The SMILES string of the molecule is BCCN(CCB)C(=O)OCI. The molecule has 1 amide bonds. The molecule has 0 aromatic heterocycles. The van der Waals surface area contributed by atoms with Gasteiger partial charge in [0.15, 0.2) is 0 Å². The van der Waals surface area contributed by atoms with E-state index in [4.69, 9.17) is 4.74 Å².